The van der Waals surface area contributed by atoms with E-state index in [9.17, 15) is 0 Å². The zero-order valence-electron chi connectivity index (χ0n) is 10.2. The number of amidine groups is 1. The Kier molecular flexibility index (Phi) is 3.90. The van der Waals surface area contributed by atoms with Crippen molar-refractivity contribution >= 4 is 5.84 Å². The van der Waals surface area contributed by atoms with Gasteiger partial charge in [0.2, 0.25) is 0 Å². The number of hydrogen-bond acceptors (Lipinski definition) is 3. The molecule has 0 fully saturated rings. The summed E-state index contributed by atoms with van der Waals surface area (Å²) >= 11 is 0. The number of nitrogens with one attached hydrogen (secondary N) is 1. The van der Waals surface area contributed by atoms with Gasteiger partial charge in [0.05, 0.1) is 12.6 Å². The predicted octanol–water partition coefficient (Wildman–Crippen LogP) is 1.70. The maximum absolute atomic E-state index is 5.47. The fourth-order valence-corrected chi connectivity index (χ4v) is 1.26. The molecule has 4 heteroatoms. The van der Waals surface area contributed by atoms with Gasteiger partial charge in [-0.05, 0) is 45.0 Å². The van der Waals surface area contributed by atoms with Gasteiger partial charge in [0.15, 0.2) is 0 Å². The van der Waals surface area contributed by atoms with Crippen LogP contribution in [0.2, 0.25) is 0 Å². The van der Waals surface area contributed by atoms with Crippen LogP contribution in [0.15, 0.2) is 29.3 Å². The molecule has 0 atom stereocenters. The molecule has 88 valence electrons. The van der Waals surface area contributed by atoms with E-state index in [2.05, 4.69) is 10.4 Å². The lowest BCUT2D eigenvalue weighted by atomic mass is 10.1. The van der Waals surface area contributed by atoms with Crippen molar-refractivity contribution in [3.63, 3.8) is 0 Å². The number of ether oxygens (including phenoxy) is 1. The fourth-order valence-electron chi connectivity index (χ4n) is 1.26. The molecule has 0 aliphatic heterocycles. The molecule has 0 unspecified atom stereocenters. The Morgan fingerprint density at radius 1 is 1.25 bits per heavy atom. The van der Waals surface area contributed by atoms with E-state index >= 15 is 0 Å². The molecular formula is C12H19N3O. The topological polar surface area (TPSA) is 59.6 Å². The number of hydrogen-bond donors (Lipinski definition) is 2. The summed E-state index contributed by atoms with van der Waals surface area (Å²) in [4.78, 5) is 4.49. The Morgan fingerprint density at radius 3 is 2.19 bits per heavy atom. The van der Waals surface area contributed by atoms with Gasteiger partial charge in [-0.2, -0.15) is 0 Å². The number of methoxy groups -OCH3 is 1. The van der Waals surface area contributed by atoms with Gasteiger partial charge in [-0.15, -0.1) is 0 Å². The Morgan fingerprint density at radius 2 is 1.81 bits per heavy atom. The summed E-state index contributed by atoms with van der Waals surface area (Å²) in [5.41, 5.74) is 3.40. The summed E-state index contributed by atoms with van der Waals surface area (Å²) in [6.07, 6.45) is 0. The first kappa shape index (κ1) is 12.5. The predicted molar refractivity (Wildman–Crippen MR) is 66.6 cm³/mol. The van der Waals surface area contributed by atoms with Gasteiger partial charge in [-0.25, -0.2) is 5.84 Å². The Labute approximate surface area is 96.5 Å². The summed E-state index contributed by atoms with van der Waals surface area (Å²) in [5, 5.41) is 0. The molecule has 0 spiro atoms. The average molecular weight is 221 g/mol. The quantitative estimate of drug-likeness (QED) is 0.346. The number of nitrogens with two attached hydrogens (primary N) is 1. The summed E-state index contributed by atoms with van der Waals surface area (Å²) in [6.45, 7) is 6.07. The zero-order chi connectivity index (χ0) is 12.2. The number of benzene rings is 1. The van der Waals surface area contributed by atoms with Crippen molar-refractivity contribution in [3.05, 3.63) is 29.8 Å². The maximum Gasteiger partial charge on any atom is 0.143 e. The van der Waals surface area contributed by atoms with Crippen LogP contribution in [0.25, 0.3) is 0 Å². The molecule has 0 saturated heterocycles. The van der Waals surface area contributed by atoms with Gasteiger partial charge in [0.25, 0.3) is 0 Å². The molecule has 1 rings (SSSR count). The molecule has 0 bridgehead atoms. The molecular weight excluding hydrogens is 202 g/mol. The van der Waals surface area contributed by atoms with Crippen LogP contribution in [-0.2, 0) is 0 Å². The molecule has 4 nitrogen and oxygen atoms in total. The summed E-state index contributed by atoms with van der Waals surface area (Å²) in [6, 6.07) is 7.60. The van der Waals surface area contributed by atoms with Crippen molar-refractivity contribution in [2.45, 2.75) is 26.3 Å². The minimum absolute atomic E-state index is 0.165. The number of nitrogens with zero attached hydrogens (tertiary/aromatic N) is 1. The van der Waals surface area contributed by atoms with Gasteiger partial charge < -0.3 is 10.2 Å². The van der Waals surface area contributed by atoms with E-state index < -0.39 is 0 Å². The van der Waals surface area contributed by atoms with Crippen molar-refractivity contribution in [2.24, 2.45) is 10.8 Å². The molecule has 0 heterocycles. The highest BCUT2D eigenvalue weighted by molar-refractivity contribution is 5.98. The molecule has 1 aromatic carbocycles. The van der Waals surface area contributed by atoms with Crippen LogP contribution >= 0.6 is 0 Å². The zero-order valence-corrected chi connectivity index (χ0v) is 10.2. The van der Waals surface area contributed by atoms with Crippen LogP contribution < -0.4 is 16.0 Å². The van der Waals surface area contributed by atoms with E-state index in [0.717, 1.165) is 11.3 Å². The lowest BCUT2D eigenvalue weighted by Gasteiger charge is -2.16. The first-order valence-corrected chi connectivity index (χ1v) is 5.17. The number of rotatable bonds is 2. The molecule has 0 amide bonds. The van der Waals surface area contributed by atoms with Gasteiger partial charge in [-0.3, -0.25) is 4.99 Å². The smallest absolute Gasteiger partial charge is 0.143 e. The molecule has 0 saturated carbocycles. The fraction of sp³-hybridized carbons (Fsp3) is 0.417. The van der Waals surface area contributed by atoms with E-state index in [4.69, 9.17) is 10.6 Å². The number of hydrazine groups is 1. The van der Waals surface area contributed by atoms with Crippen LogP contribution in [0.5, 0.6) is 5.75 Å². The van der Waals surface area contributed by atoms with Gasteiger partial charge in [0, 0.05) is 5.56 Å². The van der Waals surface area contributed by atoms with Crippen LogP contribution in [0, 0.1) is 0 Å². The molecule has 0 aliphatic rings. The van der Waals surface area contributed by atoms with E-state index in [1.165, 1.54) is 0 Å². The van der Waals surface area contributed by atoms with E-state index in [1.807, 2.05) is 45.0 Å². The minimum Gasteiger partial charge on any atom is -0.497 e. The van der Waals surface area contributed by atoms with Gasteiger partial charge in [0.1, 0.15) is 11.6 Å². The second-order valence-electron chi connectivity index (χ2n) is 4.50. The van der Waals surface area contributed by atoms with Crippen LogP contribution in [-0.4, -0.2) is 18.5 Å². The number of aliphatic imine (C=N–C) groups is 1. The second kappa shape index (κ2) is 4.99. The third kappa shape index (κ3) is 3.55. The second-order valence-corrected chi connectivity index (χ2v) is 4.50. The van der Waals surface area contributed by atoms with Crippen molar-refractivity contribution < 1.29 is 4.74 Å². The minimum atomic E-state index is -0.165. The summed E-state index contributed by atoms with van der Waals surface area (Å²) < 4.78 is 5.09. The van der Waals surface area contributed by atoms with E-state index in [1.54, 1.807) is 7.11 Å². The third-order valence-electron chi connectivity index (χ3n) is 1.95. The molecule has 0 aliphatic carbocycles. The standard InChI is InChI=1S/C12H19N3O/c1-12(2,3)14-11(15-13)9-5-7-10(16-4)8-6-9/h5-8H,13H2,1-4H3,(H,14,15). The van der Waals surface area contributed by atoms with Crippen LogP contribution in [0.1, 0.15) is 26.3 Å². The van der Waals surface area contributed by atoms with Crippen molar-refractivity contribution in [3.8, 4) is 5.75 Å². The Balaban J connectivity index is 3.00. The monoisotopic (exact) mass is 221 g/mol. The Hall–Kier alpha value is -1.55. The SMILES string of the molecule is COc1ccc(C(=NC(C)(C)C)NN)cc1. The van der Waals surface area contributed by atoms with E-state index in [0.29, 0.717) is 5.84 Å². The maximum atomic E-state index is 5.47. The largest absolute Gasteiger partial charge is 0.497 e. The molecule has 3 N–H and O–H groups in total. The normalized spacial score (nSPS) is 12.4. The van der Waals surface area contributed by atoms with Crippen molar-refractivity contribution in [1.29, 1.82) is 0 Å². The van der Waals surface area contributed by atoms with Gasteiger partial charge >= 0.3 is 0 Å². The molecule has 16 heavy (non-hydrogen) atoms. The first-order valence-electron chi connectivity index (χ1n) is 5.17. The molecule has 0 aromatic heterocycles. The van der Waals surface area contributed by atoms with Crippen molar-refractivity contribution in [1.82, 2.24) is 5.43 Å². The molecule has 0 radical (unpaired) electrons. The van der Waals surface area contributed by atoms with Gasteiger partial charge in [-0.1, -0.05) is 0 Å². The summed E-state index contributed by atoms with van der Waals surface area (Å²) in [5.74, 6) is 6.96. The van der Waals surface area contributed by atoms with E-state index in [-0.39, 0.29) is 5.54 Å². The van der Waals surface area contributed by atoms with Crippen molar-refractivity contribution in [2.75, 3.05) is 7.11 Å². The highest BCUT2D eigenvalue weighted by Gasteiger charge is 2.10. The average Bonchev–Trinajstić information content (AvgIpc) is 2.25. The van der Waals surface area contributed by atoms with Crippen LogP contribution in [0.3, 0.4) is 0 Å². The summed E-state index contributed by atoms with van der Waals surface area (Å²) in [7, 11) is 1.64. The third-order valence-corrected chi connectivity index (χ3v) is 1.95. The highest BCUT2D eigenvalue weighted by atomic mass is 16.5. The molecule has 1 aromatic rings. The lowest BCUT2D eigenvalue weighted by Crippen LogP contribution is -2.33. The first-order chi connectivity index (χ1) is 7.46. The lowest BCUT2D eigenvalue weighted by molar-refractivity contribution is 0.415. The highest BCUT2D eigenvalue weighted by Crippen LogP contribution is 2.13. The van der Waals surface area contributed by atoms with Crippen LogP contribution in [0.4, 0.5) is 0 Å². The Bertz CT molecular complexity index is 363.